The molecule has 0 radical (unpaired) electrons. The number of rotatable bonds is 11. The third-order valence-corrected chi connectivity index (χ3v) is 8.75. The molecule has 1 unspecified atom stereocenters. The number of pyridine rings is 1. The SMILES string of the molecule is CC(C)CC(C(=O)NO)N1CC[C@@](NC(=O)NS(=O)(=O)c2ccccc2)(c2ccc(OCc3cc(Cl)nc(Cl)c3)cc2)C1=O. The molecule has 1 saturated heterocycles. The first-order chi connectivity index (χ1) is 20.8. The van der Waals surface area contributed by atoms with Crippen LogP contribution in [-0.2, 0) is 31.8 Å². The smallest absolute Gasteiger partial charge is 0.329 e. The Morgan fingerprint density at radius 2 is 1.70 bits per heavy atom. The van der Waals surface area contributed by atoms with E-state index in [4.69, 9.17) is 27.9 Å². The molecular weight excluding hydrogens is 633 g/mol. The van der Waals surface area contributed by atoms with E-state index in [0.29, 0.717) is 16.9 Å². The third-order valence-electron chi connectivity index (χ3n) is 7.02. The second-order valence-electron chi connectivity index (χ2n) is 10.6. The highest BCUT2D eigenvalue weighted by molar-refractivity contribution is 7.90. The van der Waals surface area contributed by atoms with Gasteiger partial charge < -0.3 is 15.0 Å². The molecule has 2 aromatic carbocycles. The molecule has 4 amide bonds. The molecule has 1 fully saturated rings. The van der Waals surface area contributed by atoms with E-state index in [2.05, 4.69) is 10.3 Å². The van der Waals surface area contributed by atoms with Crippen molar-refractivity contribution in [1.82, 2.24) is 25.4 Å². The van der Waals surface area contributed by atoms with E-state index in [0.717, 1.165) is 0 Å². The molecule has 0 spiro atoms. The first-order valence-electron chi connectivity index (χ1n) is 13.5. The number of amides is 4. The highest BCUT2D eigenvalue weighted by atomic mass is 35.5. The monoisotopic (exact) mass is 663 g/mol. The van der Waals surface area contributed by atoms with Crippen LogP contribution in [0.3, 0.4) is 0 Å². The summed E-state index contributed by atoms with van der Waals surface area (Å²) < 4.78 is 33.5. The van der Waals surface area contributed by atoms with Crippen molar-refractivity contribution in [3.63, 3.8) is 0 Å². The second kappa shape index (κ2) is 13.8. The van der Waals surface area contributed by atoms with Crippen LogP contribution in [0, 0.1) is 5.92 Å². The van der Waals surface area contributed by atoms with E-state index in [1.54, 1.807) is 47.9 Å². The minimum atomic E-state index is -4.26. The molecule has 1 aliphatic rings. The summed E-state index contributed by atoms with van der Waals surface area (Å²) in [6, 6.07) is 14.6. The predicted molar refractivity (Wildman–Crippen MR) is 162 cm³/mol. The number of carbonyl (C=O) groups excluding carboxylic acids is 3. The number of benzene rings is 2. The number of ether oxygens (including phenoxy) is 1. The van der Waals surface area contributed by atoms with Crippen molar-refractivity contribution in [2.24, 2.45) is 5.92 Å². The Morgan fingerprint density at radius 3 is 2.30 bits per heavy atom. The van der Waals surface area contributed by atoms with E-state index >= 15 is 0 Å². The van der Waals surface area contributed by atoms with Crippen LogP contribution in [0.4, 0.5) is 4.79 Å². The lowest BCUT2D eigenvalue weighted by Crippen LogP contribution is -2.57. The number of carbonyl (C=O) groups is 3. The summed E-state index contributed by atoms with van der Waals surface area (Å²) in [7, 11) is -4.26. The van der Waals surface area contributed by atoms with Crippen LogP contribution in [0.25, 0.3) is 0 Å². The number of hydroxylamine groups is 1. The Morgan fingerprint density at radius 1 is 1.07 bits per heavy atom. The Labute approximate surface area is 264 Å². The van der Waals surface area contributed by atoms with E-state index < -0.39 is 39.4 Å². The maximum atomic E-state index is 14.1. The molecule has 44 heavy (non-hydrogen) atoms. The first kappa shape index (κ1) is 33.0. The Bertz CT molecular complexity index is 1600. The molecule has 3 aromatic rings. The number of urea groups is 1. The molecule has 12 nitrogen and oxygen atoms in total. The zero-order valence-corrected chi connectivity index (χ0v) is 26.1. The van der Waals surface area contributed by atoms with Gasteiger partial charge in [-0.3, -0.25) is 14.8 Å². The van der Waals surface area contributed by atoms with Crippen molar-refractivity contribution in [2.45, 2.75) is 49.8 Å². The number of likely N-dealkylation sites (tertiary alicyclic amines) is 1. The van der Waals surface area contributed by atoms with Gasteiger partial charge in [-0.2, -0.15) is 0 Å². The van der Waals surface area contributed by atoms with Gasteiger partial charge in [0.1, 0.15) is 34.2 Å². The first-order valence-corrected chi connectivity index (χ1v) is 15.8. The standard InChI is InChI=1S/C29H31Cl2N5O7S/c1-18(2)14-23(26(37)34-40)36-13-12-29(27(36)38,33-28(39)35-44(41,42)22-6-4-3-5-7-22)20-8-10-21(11-9-20)43-17-19-15-24(30)32-25(31)16-19/h3-11,15-16,18,23,40H,12-14,17H2,1-2H3,(H,34,37)(H2,33,35,39)/t23?,29-/m1/s1. The van der Waals surface area contributed by atoms with Crippen LogP contribution >= 0.6 is 23.2 Å². The minimum Gasteiger partial charge on any atom is -0.489 e. The molecular formula is C29H31Cl2N5O7S. The minimum absolute atomic E-state index is 0.00611. The largest absolute Gasteiger partial charge is 0.489 e. The van der Waals surface area contributed by atoms with Crippen molar-refractivity contribution in [3.8, 4) is 5.75 Å². The van der Waals surface area contributed by atoms with E-state index in [1.807, 2.05) is 18.6 Å². The molecule has 1 aliphatic heterocycles. The summed E-state index contributed by atoms with van der Waals surface area (Å²) in [5, 5.41) is 12.4. The van der Waals surface area contributed by atoms with Crippen molar-refractivity contribution >= 4 is 51.1 Å². The number of halogens is 2. The molecule has 0 bridgehead atoms. The van der Waals surface area contributed by atoms with Crippen molar-refractivity contribution in [1.29, 1.82) is 0 Å². The van der Waals surface area contributed by atoms with E-state index in [9.17, 15) is 28.0 Å². The number of sulfonamides is 1. The predicted octanol–water partition coefficient (Wildman–Crippen LogP) is 4.00. The summed E-state index contributed by atoms with van der Waals surface area (Å²) in [5.74, 6) is -1.02. The van der Waals surface area contributed by atoms with Crippen LogP contribution in [0.15, 0.2) is 71.6 Å². The molecule has 1 aromatic heterocycles. The average Bonchev–Trinajstić information content (AvgIpc) is 3.30. The van der Waals surface area contributed by atoms with E-state index in [1.165, 1.54) is 29.2 Å². The highest BCUT2D eigenvalue weighted by Crippen LogP contribution is 2.36. The van der Waals surface area contributed by atoms with Crippen LogP contribution < -0.4 is 20.3 Å². The van der Waals surface area contributed by atoms with Gasteiger partial charge in [-0.05, 0) is 59.9 Å². The van der Waals surface area contributed by atoms with Gasteiger partial charge in [0, 0.05) is 13.0 Å². The maximum Gasteiger partial charge on any atom is 0.329 e. The lowest BCUT2D eigenvalue weighted by molar-refractivity contribution is -0.145. The van der Waals surface area contributed by atoms with Gasteiger partial charge in [0.15, 0.2) is 0 Å². The van der Waals surface area contributed by atoms with Crippen LogP contribution in [0.5, 0.6) is 5.75 Å². The fourth-order valence-corrected chi connectivity index (χ4v) is 6.43. The molecule has 2 heterocycles. The second-order valence-corrected chi connectivity index (χ2v) is 13.0. The van der Waals surface area contributed by atoms with Gasteiger partial charge in [0.25, 0.3) is 21.8 Å². The molecule has 15 heteroatoms. The van der Waals surface area contributed by atoms with Crippen LogP contribution in [0.2, 0.25) is 10.3 Å². The zero-order valence-electron chi connectivity index (χ0n) is 23.8. The summed E-state index contributed by atoms with van der Waals surface area (Å²) in [6.07, 6.45) is 0.241. The van der Waals surface area contributed by atoms with Gasteiger partial charge in [-0.25, -0.2) is 28.4 Å². The molecule has 4 rings (SSSR count). The number of hydrogen-bond donors (Lipinski definition) is 4. The summed E-state index contributed by atoms with van der Waals surface area (Å²) in [4.78, 5) is 44.9. The fraction of sp³-hybridized carbons (Fsp3) is 0.310. The quantitative estimate of drug-likeness (QED) is 0.136. The third kappa shape index (κ3) is 7.59. The Balaban J connectivity index is 1.63. The summed E-state index contributed by atoms with van der Waals surface area (Å²) in [5.41, 5.74) is 0.875. The zero-order chi connectivity index (χ0) is 32.1. The van der Waals surface area contributed by atoms with Crippen molar-refractivity contribution in [3.05, 3.63) is 88.2 Å². The van der Waals surface area contributed by atoms with Crippen molar-refractivity contribution < 1.29 is 32.7 Å². The van der Waals surface area contributed by atoms with Gasteiger partial charge in [0.05, 0.1) is 4.90 Å². The van der Waals surface area contributed by atoms with Gasteiger partial charge >= 0.3 is 6.03 Å². The Kier molecular flexibility index (Phi) is 10.4. The molecule has 234 valence electrons. The topological polar surface area (TPSA) is 167 Å². The number of nitrogens with zero attached hydrogens (tertiary/aromatic N) is 2. The molecule has 4 N–H and O–H groups in total. The average molecular weight is 665 g/mol. The van der Waals surface area contributed by atoms with Gasteiger partial charge in [0.2, 0.25) is 0 Å². The van der Waals surface area contributed by atoms with E-state index in [-0.39, 0.29) is 47.1 Å². The summed E-state index contributed by atoms with van der Waals surface area (Å²) >= 11 is 11.9. The molecule has 2 atom stereocenters. The lowest BCUT2D eigenvalue weighted by Gasteiger charge is -2.32. The normalized spacial score (nSPS) is 17.3. The maximum absolute atomic E-state index is 14.1. The van der Waals surface area contributed by atoms with Gasteiger partial charge in [-0.15, -0.1) is 0 Å². The number of aromatic nitrogens is 1. The fourth-order valence-electron chi connectivity index (χ4n) is 4.99. The highest BCUT2D eigenvalue weighted by Gasteiger charge is 2.52. The van der Waals surface area contributed by atoms with Crippen LogP contribution in [-0.4, -0.2) is 53.9 Å². The molecule has 0 saturated carbocycles. The Hall–Kier alpha value is -3.91. The summed E-state index contributed by atoms with van der Waals surface area (Å²) in [6.45, 7) is 3.87. The molecule has 0 aliphatic carbocycles. The van der Waals surface area contributed by atoms with Crippen molar-refractivity contribution in [2.75, 3.05) is 6.54 Å². The number of nitrogens with one attached hydrogen (secondary N) is 3. The number of hydrogen-bond acceptors (Lipinski definition) is 8. The van der Waals surface area contributed by atoms with Gasteiger partial charge in [-0.1, -0.05) is 67.4 Å². The van der Waals surface area contributed by atoms with Crippen LogP contribution in [0.1, 0.15) is 37.8 Å². The lowest BCUT2D eigenvalue weighted by atomic mass is 9.88.